The first-order valence-corrected chi connectivity index (χ1v) is 8.08. The van der Waals surface area contributed by atoms with E-state index in [4.69, 9.17) is 10.5 Å². The second-order valence-electron chi connectivity index (χ2n) is 5.80. The van der Waals surface area contributed by atoms with E-state index in [-0.39, 0.29) is 0 Å². The van der Waals surface area contributed by atoms with Gasteiger partial charge in [-0.1, -0.05) is 51.7 Å². The monoisotopic (exact) mass is 277 g/mol. The fraction of sp³-hybridized carbons (Fsp3) is 0.667. The lowest BCUT2D eigenvalue weighted by atomic mass is 9.90. The summed E-state index contributed by atoms with van der Waals surface area (Å²) < 4.78 is 5.17. The molecule has 0 fully saturated rings. The smallest absolute Gasteiger partial charge is 0.118 e. The number of nitrogens with two attached hydrogens (primary N) is 1. The molecule has 0 amide bonds. The second-order valence-corrected chi connectivity index (χ2v) is 5.80. The van der Waals surface area contributed by atoms with Crippen molar-refractivity contribution in [3.05, 3.63) is 29.8 Å². The predicted molar refractivity (Wildman–Crippen MR) is 87.2 cm³/mol. The van der Waals surface area contributed by atoms with Gasteiger partial charge in [-0.2, -0.15) is 0 Å². The highest BCUT2D eigenvalue weighted by atomic mass is 16.5. The van der Waals surface area contributed by atoms with E-state index in [1.807, 2.05) is 12.1 Å². The average Bonchev–Trinajstić information content (AvgIpc) is 2.49. The fourth-order valence-electron chi connectivity index (χ4n) is 2.67. The molecule has 1 rings (SSSR count). The molecular formula is C18H31NO. The van der Waals surface area contributed by atoms with Crippen LogP contribution in [0.3, 0.4) is 0 Å². The maximum absolute atomic E-state index is 6.30. The van der Waals surface area contributed by atoms with Crippen LogP contribution in [0, 0.1) is 5.92 Å². The van der Waals surface area contributed by atoms with Crippen LogP contribution in [0.15, 0.2) is 24.3 Å². The molecule has 0 radical (unpaired) electrons. The first kappa shape index (κ1) is 17.0. The molecule has 0 heterocycles. The summed E-state index contributed by atoms with van der Waals surface area (Å²) in [6, 6.07) is 8.66. The molecule has 2 heteroatoms. The lowest BCUT2D eigenvalue weighted by molar-refractivity contribution is 0.375. The molecule has 2 N–H and O–H groups in total. The van der Waals surface area contributed by atoms with Gasteiger partial charge in [0.1, 0.15) is 5.75 Å². The van der Waals surface area contributed by atoms with Crippen molar-refractivity contribution in [1.82, 2.24) is 0 Å². The molecule has 0 bridgehead atoms. The van der Waals surface area contributed by atoms with Gasteiger partial charge in [-0.3, -0.25) is 0 Å². The maximum atomic E-state index is 6.30. The van der Waals surface area contributed by atoms with Gasteiger partial charge >= 0.3 is 0 Å². The second kappa shape index (κ2) is 9.82. The molecule has 2 nitrogen and oxygen atoms in total. The Balaban J connectivity index is 2.31. The van der Waals surface area contributed by atoms with E-state index in [1.165, 1.54) is 37.7 Å². The molecule has 114 valence electrons. The van der Waals surface area contributed by atoms with Crippen molar-refractivity contribution >= 4 is 0 Å². The lowest BCUT2D eigenvalue weighted by Crippen LogP contribution is -2.24. The minimum Gasteiger partial charge on any atom is -0.497 e. The van der Waals surface area contributed by atoms with Crippen LogP contribution in [0.4, 0.5) is 0 Å². The van der Waals surface area contributed by atoms with Crippen LogP contribution in [-0.4, -0.2) is 13.2 Å². The zero-order valence-corrected chi connectivity index (χ0v) is 13.4. The maximum Gasteiger partial charge on any atom is 0.118 e. The van der Waals surface area contributed by atoms with Crippen molar-refractivity contribution < 1.29 is 4.74 Å². The van der Waals surface area contributed by atoms with Gasteiger partial charge in [0, 0.05) is 6.04 Å². The zero-order chi connectivity index (χ0) is 14.8. The van der Waals surface area contributed by atoms with E-state index >= 15 is 0 Å². The third-order valence-electron chi connectivity index (χ3n) is 4.14. The van der Waals surface area contributed by atoms with E-state index in [2.05, 4.69) is 26.0 Å². The fourth-order valence-corrected chi connectivity index (χ4v) is 2.67. The Kier molecular flexibility index (Phi) is 8.36. The summed E-state index contributed by atoms with van der Waals surface area (Å²) >= 11 is 0. The molecule has 1 aromatic rings. The molecule has 2 unspecified atom stereocenters. The Morgan fingerprint density at radius 3 is 2.35 bits per heavy atom. The molecule has 1 aromatic carbocycles. The minimum absolute atomic E-state index is 0.332. The lowest BCUT2D eigenvalue weighted by Gasteiger charge is -2.19. The predicted octanol–water partition coefficient (Wildman–Crippen LogP) is 4.56. The standard InChI is InChI=1S/C18H31NO/c1-4-6-7-15(5-2)14-17(19)11-8-16-9-12-18(20-3)13-10-16/h9-10,12-13,15,17H,4-8,11,14,19H2,1-3H3. The minimum atomic E-state index is 0.332. The normalized spacial score (nSPS) is 14.0. The number of aryl methyl sites for hydroxylation is 1. The highest BCUT2D eigenvalue weighted by Gasteiger charge is 2.11. The van der Waals surface area contributed by atoms with Gasteiger partial charge in [0.15, 0.2) is 0 Å². The van der Waals surface area contributed by atoms with Gasteiger partial charge in [0.25, 0.3) is 0 Å². The molecule has 0 saturated heterocycles. The molecule has 2 atom stereocenters. The Labute approximate surface area is 124 Å². The van der Waals surface area contributed by atoms with Crippen molar-refractivity contribution in [1.29, 1.82) is 0 Å². The summed E-state index contributed by atoms with van der Waals surface area (Å²) in [5.74, 6) is 1.73. The largest absolute Gasteiger partial charge is 0.497 e. The van der Waals surface area contributed by atoms with Gasteiger partial charge in [-0.05, 0) is 42.9 Å². The number of unbranched alkanes of at least 4 members (excludes halogenated alkanes) is 1. The molecule has 0 aromatic heterocycles. The number of methoxy groups -OCH3 is 1. The summed E-state index contributed by atoms with van der Waals surface area (Å²) in [7, 11) is 1.70. The van der Waals surface area contributed by atoms with Crippen molar-refractivity contribution in [2.24, 2.45) is 11.7 Å². The number of rotatable bonds is 10. The summed E-state index contributed by atoms with van der Waals surface area (Å²) in [5, 5.41) is 0. The van der Waals surface area contributed by atoms with Crippen LogP contribution >= 0.6 is 0 Å². The molecule has 0 aliphatic rings. The third-order valence-corrected chi connectivity index (χ3v) is 4.14. The van der Waals surface area contributed by atoms with E-state index in [1.54, 1.807) is 7.11 Å². The molecule has 20 heavy (non-hydrogen) atoms. The number of benzene rings is 1. The van der Waals surface area contributed by atoms with Crippen LogP contribution in [0.25, 0.3) is 0 Å². The van der Waals surface area contributed by atoms with Crippen LogP contribution in [0.1, 0.15) is 57.9 Å². The Bertz CT molecular complexity index is 347. The van der Waals surface area contributed by atoms with Crippen molar-refractivity contribution in [3.8, 4) is 5.75 Å². The SMILES string of the molecule is CCCCC(CC)CC(N)CCc1ccc(OC)cc1. The highest BCUT2D eigenvalue weighted by Crippen LogP contribution is 2.20. The average molecular weight is 277 g/mol. The van der Waals surface area contributed by atoms with Gasteiger partial charge in [-0.15, -0.1) is 0 Å². The topological polar surface area (TPSA) is 35.2 Å². The Morgan fingerprint density at radius 1 is 1.10 bits per heavy atom. The quantitative estimate of drug-likeness (QED) is 0.680. The van der Waals surface area contributed by atoms with E-state index in [9.17, 15) is 0 Å². The van der Waals surface area contributed by atoms with E-state index in [0.717, 1.165) is 24.5 Å². The molecule has 0 aliphatic carbocycles. The first-order chi connectivity index (χ1) is 9.69. The Hall–Kier alpha value is -1.02. The highest BCUT2D eigenvalue weighted by molar-refractivity contribution is 5.27. The van der Waals surface area contributed by atoms with Gasteiger partial charge in [0.2, 0.25) is 0 Å². The van der Waals surface area contributed by atoms with Gasteiger partial charge in [-0.25, -0.2) is 0 Å². The molecule has 0 saturated carbocycles. The summed E-state index contributed by atoms with van der Waals surface area (Å²) in [5.41, 5.74) is 7.65. The molecular weight excluding hydrogens is 246 g/mol. The van der Waals surface area contributed by atoms with Crippen LogP contribution < -0.4 is 10.5 Å². The summed E-state index contributed by atoms with van der Waals surface area (Å²) in [4.78, 5) is 0. The Morgan fingerprint density at radius 2 is 1.80 bits per heavy atom. The van der Waals surface area contributed by atoms with Crippen LogP contribution in [0.5, 0.6) is 5.75 Å². The van der Waals surface area contributed by atoms with Gasteiger partial charge < -0.3 is 10.5 Å². The van der Waals surface area contributed by atoms with Crippen molar-refractivity contribution in [3.63, 3.8) is 0 Å². The van der Waals surface area contributed by atoms with Crippen molar-refractivity contribution in [2.45, 2.75) is 64.8 Å². The number of hydrogen-bond acceptors (Lipinski definition) is 2. The summed E-state index contributed by atoms with van der Waals surface area (Å²) in [6.07, 6.45) is 8.54. The number of hydrogen-bond donors (Lipinski definition) is 1. The van der Waals surface area contributed by atoms with Crippen LogP contribution in [-0.2, 0) is 6.42 Å². The van der Waals surface area contributed by atoms with Crippen LogP contribution in [0.2, 0.25) is 0 Å². The first-order valence-electron chi connectivity index (χ1n) is 8.08. The zero-order valence-electron chi connectivity index (χ0n) is 13.4. The van der Waals surface area contributed by atoms with Crippen molar-refractivity contribution in [2.75, 3.05) is 7.11 Å². The van der Waals surface area contributed by atoms with E-state index in [0.29, 0.717) is 6.04 Å². The van der Waals surface area contributed by atoms with E-state index < -0.39 is 0 Å². The third kappa shape index (κ3) is 6.42. The summed E-state index contributed by atoms with van der Waals surface area (Å²) in [6.45, 7) is 4.55. The molecule has 0 aliphatic heterocycles. The molecule has 0 spiro atoms. The number of ether oxygens (including phenoxy) is 1. The van der Waals surface area contributed by atoms with Gasteiger partial charge in [0.05, 0.1) is 7.11 Å².